The van der Waals surface area contributed by atoms with Gasteiger partial charge in [0.05, 0.1) is 6.54 Å². The van der Waals surface area contributed by atoms with Gasteiger partial charge in [-0.2, -0.15) is 0 Å². The van der Waals surface area contributed by atoms with Gasteiger partial charge in [0.2, 0.25) is 0 Å². The van der Waals surface area contributed by atoms with Crippen LogP contribution < -0.4 is 22.3 Å². The summed E-state index contributed by atoms with van der Waals surface area (Å²) in [5.41, 5.74) is 4.30. The highest BCUT2D eigenvalue weighted by atomic mass is 16.2. The molecule has 0 saturated heterocycles. The molecule has 0 aliphatic carbocycles. The highest BCUT2D eigenvalue weighted by molar-refractivity contribution is 6.01. The molecule has 0 aliphatic heterocycles. The molecule has 0 spiro atoms. The standard InChI is InChI=1S/C11H18N4O3/c1-6(2)13-5-7(16)8-9(12)14(3)11(18)15(4)10(8)17/h6,13H,5,12H2,1-4H3. The molecule has 7 heteroatoms. The monoisotopic (exact) mass is 254 g/mol. The summed E-state index contributed by atoms with van der Waals surface area (Å²) in [7, 11) is 2.74. The molecular weight excluding hydrogens is 236 g/mol. The zero-order valence-electron chi connectivity index (χ0n) is 11.0. The second-order valence-corrected chi connectivity index (χ2v) is 4.42. The Morgan fingerprint density at radius 1 is 1.28 bits per heavy atom. The van der Waals surface area contributed by atoms with E-state index >= 15 is 0 Å². The zero-order chi connectivity index (χ0) is 14.0. The maximum absolute atomic E-state index is 11.9. The summed E-state index contributed by atoms with van der Waals surface area (Å²) in [6, 6.07) is 0.117. The van der Waals surface area contributed by atoms with Crippen molar-refractivity contribution in [3.63, 3.8) is 0 Å². The van der Waals surface area contributed by atoms with Crippen molar-refractivity contribution < 1.29 is 4.79 Å². The second kappa shape index (κ2) is 5.18. The Balaban J connectivity index is 3.30. The van der Waals surface area contributed by atoms with E-state index in [1.165, 1.54) is 14.1 Å². The number of carbonyl (C=O) groups excluding carboxylic acids is 1. The number of hydrogen-bond donors (Lipinski definition) is 2. The first-order chi connectivity index (χ1) is 8.27. The summed E-state index contributed by atoms with van der Waals surface area (Å²) in [5.74, 6) is -0.518. The van der Waals surface area contributed by atoms with Crippen molar-refractivity contribution in [1.29, 1.82) is 0 Å². The normalized spacial score (nSPS) is 10.9. The quantitative estimate of drug-likeness (QED) is 0.661. The summed E-state index contributed by atoms with van der Waals surface area (Å²) in [5, 5.41) is 2.91. The molecule has 18 heavy (non-hydrogen) atoms. The first-order valence-corrected chi connectivity index (χ1v) is 5.59. The molecule has 100 valence electrons. The molecule has 0 bridgehead atoms. The molecule has 0 radical (unpaired) electrons. The van der Waals surface area contributed by atoms with E-state index in [0.29, 0.717) is 0 Å². The number of carbonyl (C=O) groups is 1. The minimum Gasteiger partial charge on any atom is -0.384 e. The van der Waals surface area contributed by atoms with E-state index in [4.69, 9.17) is 5.73 Å². The van der Waals surface area contributed by atoms with Crippen molar-refractivity contribution in [2.24, 2.45) is 14.1 Å². The van der Waals surface area contributed by atoms with Gasteiger partial charge in [0.1, 0.15) is 11.4 Å². The molecule has 0 atom stereocenters. The Labute approximate surface area is 104 Å². The molecule has 1 heterocycles. The van der Waals surface area contributed by atoms with E-state index in [-0.39, 0.29) is 24.0 Å². The van der Waals surface area contributed by atoms with Crippen LogP contribution in [-0.4, -0.2) is 27.5 Å². The first-order valence-electron chi connectivity index (χ1n) is 5.59. The largest absolute Gasteiger partial charge is 0.384 e. The van der Waals surface area contributed by atoms with Crippen molar-refractivity contribution in [1.82, 2.24) is 14.5 Å². The van der Waals surface area contributed by atoms with Gasteiger partial charge < -0.3 is 11.1 Å². The van der Waals surface area contributed by atoms with Crippen LogP contribution in [0.25, 0.3) is 0 Å². The van der Waals surface area contributed by atoms with Gasteiger partial charge in [-0.15, -0.1) is 0 Å². The fourth-order valence-corrected chi connectivity index (χ4v) is 1.51. The Morgan fingerprint density at radius 3 is 2.33 bits per heavy atom. The van der Waals surface area contributed by atoms with Crippen molar-refractivity contribution in [2.75, 3.05) is 12.3 Å². The van der Waals surface area contributed by atoms with Crippen LogP contribution in [0.3, 0.4) is 0 Å². The van der Waals surface area contributed by atoms with Gasteiger partial charge in [-0.05, 0) is 0 Å². The predicted molar refractivity (Wildman–Crippen MR) is 68.8 cm³/mol. The summed E-state index contributed by atoms with van der Waals surface area (Å²) < 4.78 is 1.96. The van der Waals surface area contributed by atoms with Crippen molar-refractivity contribution in [3.05, 3.63) is 26.4 Å². The van der Waals surface area contributed by atoms with Crippen LogP contribution in [0.15, 0.2) is 9.59 Å². The van der Waals surface area contributed by atoms with E-state index in [1.54, 1.807) is 0 Å². The van der Waals surface area contributed by atoms with Crippen molar-refractivity contribution >= 4 is 11.6 Å². The first kappa shape index (κ1) is 14.2. The van der Waals surface area contributed by atoms with E-state index < -0.39 is 17.0 Å². The lowest BCUT2D eigenvalue weighted by molar-refractivity contribution is 0.0986. The maximum Gasteiger partial charge on any atom is 0.332 e. The molecule has 1 aromatic heterocycles. The summed E-state index contributed by atoms with van der Waals surface area (Å²) in [4.78, 5) is 35.4. The molecule has 0 unspecified atom stereocenters. The van der Waals surface area contributed by atoms with Gasteiger partial charge >= 0.3 is 5.69 Å². The number of aromatic nitrogens is 2. The lowest BCUT2D eigenvalue weighted by Gasteiger charge is -2.12. The van der Waals surface area contributed by atoms with E-state index in [9.17, 15) is 14.4 Å². The number of nitrogens with one attached hydrogen (secondary N) is 1. The lowest BCUT2D eigenvalue weighted by Crippen LogP contribution is -2.43. The van der Waals surface area contributed by atoms with Crippen LogP contribution in [0, 0.1) is 0 Å². The van der Waals surface area contributed by atoms with Crippen LogP contribution in [-0.2, 0) is 14.1 Å². The molecule has 1 aromatic rings. The topological polar surface area (TPSA) is 99.1 Å². The van der Waals surface area contributed by atoms with Gasteiger partial charge in [0, 0.05) is 20.1 Å². The number of Topliss-reactive ketones (excluding diaryl/α,β-unsaturated/α-hetero) is 1. The summed E-state index contributed by atoms with van der Waals surface area (Å²) >= 11 is 0. The predicted octanol–water partition coefficient (Wildman–Crippen LogP) is -1.15. The molecule has 0 amide bonds. The second-order valence-electron chi connectivity index (χ2n) is 4.42. The third-order valence-electron chi connectivity index (χ3n) is 2.66. The lowest BCUT2D eigenvalue weighted by atomic mass is 10.2. The number of nitrogens with two attached hydrogens (primary N) is 1. The minimum absolute atomic E-state index is 0.00924. The van der Waals surface area contributed by atoms with Crippen molar-refractivity contribution in [3.8, 4) is 0 Å². The van der Waals surface area contributed by atoms with Crippen LogP contribution in [0.5, 0.6) is 0 Å². The molecule has 0 saturated carbocycles. The number of anilines is 1. The zero-order valence-corrected chi connectivity index (χ0v) is 11.0. The average Bonchev–Trinajstić information content (AvgIpc) is 2.31. The smallest absolute Gasteiger partial charge is 0.332 e. The van der Waals surface area contributed by atoms with E-state index in [1.807, 2.05) is 13.8 Å². The Bertz CT molecular complexity index is 583. The fourth-order valence-electron chi connectivity index (χ4n) is 1.51. The Hall–Kier alpha value is -1.89. The van der Waals surface area contributed by atoms with Gasteiger partial charge in [-0.25, -0.2) is 4.79 Å². The number of rotatable bonds is 4. The van der Waals surface area contributed by atoms with Crippen LogP contribution >= 0.6 is 0 Å². The molecule has 1 rings (SSSR count). The number of nitrogens with zero attached hydrogens (tertiary/aromatic N) is 2. The summed E-state index contributed by atoms with van der Waals surface area (Å²) in [6.45, 7) is 3.78. The van der Waals surface area contributed by atoms with Gasteiger partial charge in [0.15, 0.2) is 5.78 Å². The molecule has 3 N–H and O–H groups in total. The Kier molecular flexibility index (Phi) is 4.07. The number of hydrogen-bond acceptors (Lipinski definition) is 5. The number of nitrogen functional groups attached to an aromatic ring is 1. The Morgan fingerprint density at radius 2 is 1.83 bits per heavy atom. The molecular formula is C11H18N4O3. The maximum atomic E-state index is 11.9. The van der Waals surface area contributed by atoms with Crippen LogP contribution in [0.1, 0.15) is 24.2 Å². The molecule has 0 aromatic carbocycles. The molecule has 0 aliphatic rings. The van der Waals surface area contributed by atoms with Gasteiger partial charge in [0.25, 0.3) is 5.56 Å². The summed E-state index contributed by atoms with van der Waals surface area (Å²) in [6.07, 6.45) is 0. The average molecular weight is 254 g/mol. The minimum atomic E-state index is -0.661. The highest BCUT2D eigenvalue weighted by Crippen LogP contribution is 2.03. The van der Waals surface area contributed by atoms with Crippen molar-refractivity contribution in [2.45, 2.75) is 19.9 Å². The molecule has 0 fully saturated rings. The highest BCUT2D eigenvalue weighted by Gasteiger charge is 2.19. The van der Waals surface area contributed by atoms with Crippen LogP contribution in [0.4, 0.5) is 5.82 Å². The van der Waals surface area contributed by atoms with Gasteiger partial charge in [-0.1, -0.05) is 13.8 Å². The third-order valence-corrected chi connectivity index (χ3v) is 2.66. The molecule has 7 nitrogen and oxygen atoms in total. The fraction of sp³-hybridized carbons (Fsp3) is 0.545. The number of ketones is 1. The van der Waals surface area contributed by atoms with Crippen LogP contribution in [0.2, 0.25) is 0 Å². The van der Waals surface area contributed by atoms with E-state index in [2.05, 4.69) is 5.32 Å². The van der Waals surface area contributed by atoms with E-state index in [0.717, 1.165) is 9.13 Å². The third kappa shape index (κ3) is 2.51. The SMILES string of the molecule is CC(C)NCC(=O)c1c(N)n(C)c(=O)n(C)c1=O. The van der Waals surface area contributed by atoms with Gasteiger partial charge in [-0.3, -0.25) is 18.7 Å².